The number of halogens is 2. The molecule has 0 fully saturated rings. The molecule has 0 saturated carbocycles. The molecule has 1 N–H and O–H groups in total. The molecule has 0 aliphatic rings. The van der Waals surface area contributed by atoms with Gasteiger partial charge in [0.25, 0.3) is 11.7 Å². The topological polar surface area (TPSA) is 73.9 Å². The molecular formula is C19H19F2NO5S. The van der Waals surface area contributed by atoms with Crippen LogP contribution in [0.15, 0.2) is 47.4 Å². The zero-order valence-electron chi connectivity index (χ0n) is 15.2. The van der Waals surface area contributed by atoms with Gasteiger partial charge in [0, 0.05) is 10.6 Å². The lowest BCUT2D eigenvalue weighted by atomic mass is 10.2. The lowest BCUT2D eigenvalue weighted by molar-refractivity contribution is -0.119. The number of ether oxygens (including phenoxy) is 3. The highest BCUT2D eigenvalue weighted by Gasteiger charge is 2.14. The van der Waals surface area contributed by atoms with Gasteiger partial charge in [-0.25, -0.2) is 4.79 Å². The first-order valence-corrected chi connectivity index (χ1v) is 9.13. The Kier molecular flexibility index (Phi) is 8.06. The van der Waals surface area contributed by atoms with E-state index in [1.807, 2.05) is 0 Å². The standard InChI is InChI=1S/C19H19F2NO5S/c1-3-26-16-10-12(4-9-15(16)25-2)18(24)27-11-17(23)22-13-5-7-14(8-6-13)28-19(20)21/h4-10,19H,3,11H2,1-2H3,(H,22,23). The van der Waals surface area contributed by atoms with E-state index in [-0.39, 0.29) is 5.56 Å². The third-order valence-corrected chi connectivity index (χ3v) is 4.12. The Hall–Kier alpha value is -2.81. The van der Waals surface area contributed by atoms with E-state index < -0.39 is 24.2 Å². The third-order valence-electron chi connectivity index (χ3n) is 3.40. The van der Waals surface area contributed by atoms with E-state index in [2.05, 4.69) is 5.32 Å². The van der Waals surface area contributed by atoms with Crippen LogP contribution in [0.5, 0.6) is 11.5 Å². The summed E-state index contributed by atoms with van der Waals surface area (Å²) in [6, 6.07) is 10.4. The fraction of sp³-hybridized carbons (Fsp3) is 0.263. The Bertz CT molecular complexity index is 814. The number of hydrogen-bond donors (Lipinski definition) is 1. The van der Waals surface area contributed by atoms with E-state index in [0.29, 0.717) is 40.5 Å². The molecule has 9 heteroatoms. The van der Waals surface area contributed by atoms with Crippen molar-refractivity contribution in [3.63, 3.8) is 0 Å². The molecular weight excluding hydrogens is 392 g/mol. The Labute approximate surface area is 165 Å². The van der Waals surface area contributed by atoms with Crippen molar-refractivity contribution >= 4 is 29.3 Å². The smallest absolute Gasteiger partial charge is 0.338 e. The maximum absolute atomic E-state index is 12.3. The fourth-order valence-corrected chi connectivity index (χ4v) is 2.70. The number of carbonyl (C=O) groups is 2. The second-order valence-corrected chi connectivity index (χ2v) is 6.39. The minimum atomic E-state index is -2.51. The molecule has 2 aromatic carbocycles. The molecule has 0 bridgehead atoms. The van der Waals surface area contributed by atoms with Gasteiger partial charge in [-0.2, -0.15) is 8.78 Å². The van der Waals surface area contributed by atoms with Gasteiger partial charge in [-0.1, -0.05) is 11.8 Å². The van der Waals surface area contributed by atoms with Crippen molar-refractivity contribution in [2.24, 2.45) is 0 Å². The Morgan fingerprint density at radius 2 is 1.82 bits per heavy atom. The summed E-state index contributed by atoms with van der Waals surface area (Å²) in [7, 11) is 1.49. The first-order valence-electron chi connectivity index (χ1n) is 8.25. The lowest BCUT2D eigenvalue weighted by Gasteiger charge is -2.11. The van der Waals surface area contributed by atoms with E-state index in [9.17, 15) is 18.4 Å². The van der Waals surface area contributed by atoms with Crippen molar-refractivity contribution in [3.05, 3.63) is 48.0 Å². The van der Waals surface area contributed by atoms with Crippen molar-refractivity contribution in [1.29, 1.82) is 0 Å². The highest BCUT2D eigenvalue weighted by Crippen LogP contribution is 2.28. The minimum Gasteiger partial charge on any atom is -0.493 e. The van der Waals surface area contributed by atoms with Crippen molar-refractivity contribution < 1.29 is 32.6 Å². The summed E-state index contributed by atoms with van der Waals surface area (Å²) in [5.41, 5.74) is 0.619. The molecule has 0 atom stereocenters. The number of hydrogen-bond acceptors (Lipinski definition) is 6. The van der Waals surface area contributed by atoms with Gasteiger partial charge in [-0.15, -0.1) is 0 Å². The van der Waals surface area contributed by atoms with E-state index in [4.69, 9.17) is 14.2 Å². The molecule has 1 amide bonds. The second kappa shape index (κ2) is 10.5. The largest absolute Gasteiger partial charge is 0.493 e. The number of amides is 1. The average molecular weight is 411 g/mol. The van der Waals surface area contributed by atoms with Gasteiger partial charge in [-0.05, 0) is 49.4 Å². The number of benzene rings is 2. The van der Waals surface area contributed by atoms with Crippen LogP contribution < -0.4 is 14.8 Å². The molecule has 6 nitrogen and oxygen atoms in total. The van der Waals surface area contributed by atoms with Gasteiger partial charge in [-0.3, -0.25) is 4.79 Å². The van der Waals surface area contributed by atoms with Crippen molar-refractivity contribution in [2.45, 2.75) is 17.6 Å². The monoisotopic (exact) mass is 411 g/mol. The zero-order valence-corrected chi connectivity index (χ0v) is 16.1. The molecule has 2 rings (SSSR count). The van der Waals surface area contributed by atoms with Crippen LogP contribution in [-0.4, -0.2) is 38.0 Å². The molecule has 0 aromatic heterocycles. The fourth-order valence-electron chi connectivity index (χ4n) is 2.20. The quantitative estimate of drug-likeness (QED) is 0.492. The Morgan fingerprint density at radius 3 is 2.43 bits per heavy atom. The predicted octanol–water partition coefficient (Wildman–Crippen LogP) is 4.20. The summed E-state index contributed by atoms with van der Waals surface area (Å²) in [5, 5.41) is 2.52. The normalized spacial score (nSPS) is 10.5. The second-order valence-electron chi connectivity index (χ2n) is 5.33. The van der Waals surface area contributed by atoms with E-state index in [0.717, 1.165) is 0 Å². The van der Waals surface area contributed by atoms with Gasteiger partial charge in [0.15, 0.2) is 18.1 Å². The summed E-state index contributed by atoms with van der Waals surface area (Å²) in [4.78, 5) is 24.4. The molecule has 0 radical (unpaired) electrons. The average Bonchev–Trinajstić information content (AvgIpc) is 2.67. The van der Waals surface area contributed by atoms with Crippen molar-refractivity contribution in [1.82, 2.24) is 0 Å². The lowest BCUT2D eigenvalue weighted by Crippen LogP contribution is -2.21. The molecule has 0 spiro atoms. The molecule has 0 unspecified atom stereocenters. The van der Waals surface area contributed by atoms with Crippen LogP contribution in [0.2, 0.25) is 0 Å². The first kappa shape index (κ1) is 21.5. The maximum Gasteiger partial charge on any atom is 0.338 e. The molecule has 0 heterocycles. The number of nitrogens with one attached hydrogen (secondary N) is 1. The summed E-state index contributed by atoms with van der Waals surface area (Å²) >= 11 is 0.410. The summed E-state index contributed by atoms with van der Waals surface area (Å²) in [6.45, 7) is 1.70. The van der Waals surface area contributed by atoms with Crippen LogP contribution in [0.4, 0.5) is 14.5 Å². The van der Waals surface area contributed by atoms with Crippen LogP contribution in [0, 0.1) is 0 Å². The van der Waals surface area contributed by atoms with Crippen LogP contribution >= 0.6 is 11.8 Å². The number of carbonyl (C=O) groups excluding carboxylic acids is 2. The summed E-state index contributed by atoms with van der Waals surface area (Å²) in [5.74, 6) is -2.89. The molecule has 0 aliphatic carbocycles. The van der Waals surface area contributed by atoms with Gasteiger partial charge in [0.1, 0.15) is 0 Å². The molecule has 0 aliphatic heterocycles. The van der Waals surface area contributed by atoms with E-state index in [1.54, 1.807) is 13.0 Å². The van der Waals surface area contributed by atoms with Crippen molar-refractivity contribution in [3.8, 4) is 11.5 Å². The highest BCUT2D eigenvalue weighted by atomic mass is 32.2. The SMILES string of the molecule is CCOc1cc(C(=O)OCC(=O)Nc2ccc(SC(F)F)cc2)ccc1OC. The van der Waals surface area contributed by atoms with Crippen LogP contribution in [0.3, 0.4) is 0 Å². The van der Waals surface area contributed by atoms with Gasteiger partial charge in [0.05, 0.1) is 19.3 Å². The van der Waals surface area contributed by atoms with Crippen LogP contribution in [-0.2, 0) is 9.53 Å². The van der Waals surface area contributed by atoms with E-state index in [1.165, 1.54) is 43.5 Å². The van der Waals surface area contributed by atoms with Gasteiger partial charge < -0.3 is 19.5 Å². The minimum absolute atomic E-state index is 0.213. The Balaban J connectivity index is 1.90. The molecule has 28 heavy (non-hydrogen) atoms. The highest BCUT2D eigenvalue weighted by molar-refractivity contribution is 7.99. The van der Waals surface area contributed by atoms with E-state index >= 15 is 0 Å². The molecule has 150 valence electrons. The number of rotatable bonds is 9. The number of thioether (sulfide) groups is 1. The summed E-state index contributed by atoms with van der Waals surface area (Å²) in [6.07, 6.45) is 0. The first-order chi connectivity index (χ1) is 13.4. The van der Waals surface area contributed by atoms with Crippen LogP contribution in [0.1, 0.15) is 17.3 Å². The summed E-state index contributed by atoms with van der Waals surface area (Å²) < 4.78 is 40.1. The molecule has 2 aromatic rings. The van der Waals surface area contributed by atoms with Gasteiger partial charge in [0.2, 0.25) is 0 Å². The number of esters is 1. The van der Waals surface area contributed by atoms with Crippen LogP contribution in [0.25, 0.3) is 0 Å². The maximum atomic E-state index is 12.3. The van der Waals surface area contributed by atoms with Gasteiger partial charge >= 0.3 is 5.97 Å². The third kappa shape index (κ3) is 6.41. The predicted molar refractivity (Wildman–Crippen MR) is 101 cm³/mol. The zero-order chi connectivity index (χ0) is 20.5. The molecule has 0 saturated heterocycles. The van der Waals surface area contributed by atoms with Crippen molar-refractivity contribution in [2.75, 3.05) is 25.6 Å². The number of methoxy groups -OCH3 is 1. The number of alkyl halides is 2. The number of anilines is 1. The Morgan fingerprint density at radius 1 is 1.11 bits per heavy atom.